The van der Waals surface area contributed by atoms with Crippen molar-refractivity contribution in [3.05, 3.63) is 58.5 Å². The summed E-state index contributed by atoms with van der Waals surface area (Å²) in [6, 6.07) is 11.9. The second kappa shape index (κ2) is 9.67. The van der Waals surface area contributed by atoms with E-state index in [1.54, 1.807) is 23.1 Å². The van der Waals surface area contributed by atoms with Gasteiger partial charge < -0.3 is 19.4 Å². The Kier molecular flexibility index (Phi) is 6.44. The highest BCUT2D eigenvalue weighted by Gasteiger charge is 2.31. The zero-order valence-corrected chi connectivity index (χ0v) is 19.9. The molecule has 2 aromatic carbocycles. The number of hydrogen-bond donors (Lipinski definition) is 1. The number of H-pyrrole nitrogens is 1. The number of carbonyl (C=O) groups excluding carboxylic acids is 1. The molecule has 5 rings (SSSR count). The molecular formula is C24H26N4O6S. The van der Waals surface area contributed by atoms with E-state index in [9.17, 15) is 18.0 Å². The Morgan fingerprint density at radius 1 is 1.00 bits per heavy atom. The van der Waals surface area contributed by atoms with Crippen LogP contribution in [0.1, 0.15) is 18.5 Å². The second-order valence-electron chi connectivity index (χ2n) is 8.47. The Balaban J connectivity index is 1.20. The lowest BCUT2D eigenvalue weighted by Crippen LogP contribution is -2.50. The van der Waals surface area contributed by atoms with E-state index in [1.807, 2.05) is 12.1 Å². The monoisotopic (exact) mass is 498 g/mol. The zero-order chi connectivity index (χ0) is 24.4. The minimum Gasteiger partial charge on any atom is -0.490 e. The third-order valence-electron chi connectivity index (χ3n) is 6.19. The first-order valence-corrected chi connectivity index (χ1v) is 13.0. The van der Waals surface area contributed by atoms with Gasteiger partial charge in [-0.15, -0.1) is 0 Å². The lowest BCUT2D eigenvalue weighted by molar-refractivity contribution is -0.132. The van der Waals surface area contributed by atoms with Crippen molar-refractivity contribution in [1.82, 2.24) is 19.2 Å². The second-order valence-corrected chi connectivity index (χ2v) is 10.4. The molecule has 2 aliphatic heterocycles. The Bertz CT molecular complexity index is 1410. The van der Waals surface area contributed by atoms with Crippen molar-refractivity contribution in [3.8, 4) is 11.5 Å². The summed E-state index contributed by atoms with van der Waals surface area (Å²) in [5.74, 6) is 0.832. The smallest absolute Gasteiger partial charge is 0.270 e. The number of rotatable bonds is 5. The minimum atomic E-state index is -3.73. The predicted octanol–water partition coefficient (Wildman–Crippen LogP) is 1.55. The van der Waals surface area contributed by atoms with Crippen molar-refractivity contribution < 1.29 is 22.7 Å². The van der Waals surface area contributed by atoms with Gasteiger partial charge in [0.25, 0.3) is 5.56 Å². The van der Waals surface area contributed by atoms with E-state index in [0.717, 1.165) is 6.42 Å². The number of ether oxygens (including phenoxy) is 2. The summed E-state index contributed by atoms with van der Waals surface area (Å²) in [6.45, 7) is 1.95. The van der Waals surface area contributed by atoms with Gasteiger partial charge in [-0.3, -0.25) is 9.59 Å². The summed E-state index contributed by atoms with van der Waals surface area (Å²) >= 11 is 0. The van der Waals surface area contributed by atoms with Crippen molar-refractivity contribution in [2.24, 2.45) is 0 Å². The maximum atomic E-state index is 13.2. The van der Waals surface area contributed by atoms with Crippen LogP contribution in [-0.4, -0.2) is 72.9 Å². The molecule has 1 aromatic heterocycles. The Morgan fingerprint density at radius 2 is 1.74 bits per heavy atom. The fourth-order valence-corrected chi connectivity index (χ4v) is 5.69. The van der Waals surface area contributed by atoms with Crippen LogP contribution in [0.2, 0.25) is 0 Å². The van der Waals surface area contributed by atoms with Gasteiger partial charge in [-0.1, -0.05) is 12.1 Å². The summed E-state index contributed by atoms with van der Waals surface area (Å²) in [7, 11) is -3.73. The number of aromatic nitrogens is 2. The molecule has 3 aromatic rings. The molecule has 1 amide bonds. The van der Waals surface area contributed by atoms with Gasteiger partial charge in [0.2, 0.25) is 15.9 Å². The van der Waals surface area contributed by atoms with Gasteiger partial charge in [-0.05, 0) is 24.3 Å². The van der Waals surface area contributed by atoms with Gasteiger partial charge >= 0.3 is 0 Å². The molecular weight excluding hydrogens is 472 g/mol. The SMILES string of the molecule is O=C(CCc1nc2ccccc2[nH]c1=O)N1CCN(S(=O)(=O)c2ccc3c(c2)OCCCO3)CC1. The fraction of sp³-hybridized carbons (Fsp3) is 0.375. The van der Waals surface area contributed by atoms with Gasteiger partial charge in [0.05, 0.1) is 29.1 Å². The van der Waals surface area contributed by atoms with Gasteiger partial charge in [0, 0.05) is 51.5 Å². The molecule has 0 unspecified atom stereocenters. The van der Waals surface area contributed by atoms with Gasteiger partial charge in [-0.25, -0.2) is 13.4 Å². The zero-order valence-electron chi connectivity index (χ0n) is 19.1. The summed E-state index contributed by atoms with van der Waals surface area (Å²) in [4.78, 5) is 34.0. The molecule has 1 fully saturated rings. The van der Waals surface area contributed by atoms with Crippen LogP contribution in [0.15, 0.2) is 52.2 Å². The third-order valence-corrected chi connectivity index (χ3v) is 8.09. The molecule has 0 spiro atoms. The Labute approximate surface area is 202 Å². The molecule has 1 N–H and O–H groups in total. The van der Waals surface area contributed by atoms with Crippen molar-refractivity contribution in [2.45, 2.75) is 24.2 Å². The van der Waals surface area contributed by atoms with Crippen LogP contribution < -0.4 is 15.0 Å². The minimum absolute atomic E-state index is 0.128. The summed E-state index contributed by atoms with van der Waals surface area (Å²) < 4.78 is 38.9. The molecule has 3 heterocycles. The van der Waals surface area contributed by atoms with Crippen LogP contribution >= 0.6 is 0 Å². The number of nitrogens with one attached hydrogen (secondary N) is 1. The first-order valence-electron chi connectivity index (χ1n) is 11.6. The number of benzene rings is 2. The lowest BCUT2D eigenvalue weighted by Gasteiger charge is -2.34. The number of aromatic amines is 1. The van der Waals surface area contributed by atoms with Crippen LogP contribution in [0.3, 0.4) is 0 Å². The highest BCUT2D eigenvalue weighted by molar-refractivity contribution is 7.89. The molecule has 0 atom stereocenters. The van der Waals surface area contributed by atoms with Crippen molar-refractivity contribution in [3.63, 3.8) is 0 Å². The normalized spacial score (nSPS) is 16.7. The van der Waals surface area contributed by atoms with Crippen LogP contribution in [0.5, 0.6) is 11.5 Å². The van der Waals surface area contributed by atoms with E-state index in [4.69, 9.17) is 9.47 Å². The van der Waals surface area contributed by atoms with E-state index in [1.165, 1.54) is 16.4 Å². The average Bonchev–Trinajstić information content (AvgIpc) is 3.12. The number of nitrogens with zero attached hydrogens (tertiary/aromatic N) is 3. The van der Waals surface area contributed by atoms with Crippen LogP contribution in [0, 0.1) is 0 Å². The summed E-state index contributed by atoms with van der Waals surface area (Å²) in [6.07, 6.45) is 1.08. The van der Waals surface area contributed by atoms with E-state index in [-0.39, 0.29) is 55.4 Å². The Morgan fingerprint density at radius 3 is 2.54 bits per heavy atom. The molecule has 35 heavy (non-hydrogen) atoms. The van der Waals surface area contributed by atoms with Gasteiger partial charge in [0.15, 0.2) is 11.5 Å². The Hall–Kier alpha value is -3.44. The number of fused-ring (bicyclic) bond motifs is 2. The van der Waals surface area contributed by atoms with Gasteiger partial charge in [-0.2, -0.15) is 4.31 Å². The van der Waals surface area contributed by atoms with Gasteiger partial charge in [0.1, 0.15) is 5.69 Å². The molecule has 0 aliphatic carbocycles. The van der Waals surface area contributed by atoms with E-state index in [2.05, 4.69) is 9.97 Å². The first-order chi connectivity index (χ1) is 16.9. The van der Waals surface area contributed by atoms with E-state index < -0.39 is 10.0 Å². The number of amides is 1. The van der Waals surface area contributed by atoms with Crippen molar-refractivity contribution >= 4 is 27.0 Å². The highest BCUT2D eigenvalue weighted by Crippen LogP contribution is 2.33. The molecule has 10 nitrogen and oxygen atoms in total. The summed E-state index contributed by atoms with van der Waals surface area (Å²) in [5, 5.41) is 0. The average molecular weight is 499 g/mol. The number of hydrogen-bond acceptors (Lipinski definition) is 7. The number of carbonyl (C=O) groups is 1. The van der Waals surface area contributed by atoms with E-state index >= 15 is 0 Å². The fourth-order valence-electron chi connectivity index (χ4n) is 4.25. The quantitative estimate of drug-likeness (QED) is 0.566. The molecule has 1 saturated heterocycles. The number of aryl methyl sites for hydroxylation is 1. The topological polar surface area (TPSA) is 122 Å². The molecule has 2 aliphatic rings. The number of sulfonamides is 1. The highest BCUT2D eigenvalue weighted by atomic mass is 32.2. The maximum absolute atomic E-state index is 13.2. The molecule has 0 radical (unpaired) electrons. The molecule has 0 saturated carbocycles. The first kappa shape index (κ1) is 23.3. The molecule has 11 heteroatoms. The largest absolute Gasteiger partial charge is 0.490 e. The van der Waals surface area contributed by atoms with Crippen LogP contribution in [-0.2, 0) is 21.2 Å². The third kappa shape index (κ3) is 4.87. The maximum Gasteiger partial charge on any atom is 0.270 e. The van der Waals surface area contributed by atoms with Crippen molar-refractivity contribution in [2.75, 3.05) is 39.4 Å². The van der Waals surface area contributed by atoms with Crippen LogP contribution in [0.25, 0.3) is 11.0 Å². The number of piperazine rings is 1. The number of para-hydroxylation sites is 2. The van der Waals surface area contributed by atoms with Crippen LogP contribution in [0.4, 0.5) is 0 Å². The summed E-state index contributed by atoms with van der Waals surface area (Å²) in [5.41, 5.74) is 1.33. The molecule has 184 valence electrons. The molecule has 0 bridgehead atoms. The standard InChI is InChI=1S/C24H26N4O6S/c29-23(9-7-20-24(30)26-19-5-2-1-4-18(19)25-20)27-10-12-28(13-11-27)35(31,32)17-6-8-21-22(16-17)34-15-3-14-33-21/h1-2,4-6,8,16H,3,7,9-15H2,(H,26,30). The lowest BCUT2D eigenvalue weighted by atomic mass is 10.2. The van der Waals surface area contributed by atoms with Crippen molar-refractivity contribution in [1.29, 1.82) is 0 Å². The predicted molar refractivity (Wildman–Crippen MR) is 128 cm³/mol. The van der Waals surface area contributed by atoms with E-state index in [0.29, 0.717) is 41.4 Å².